The van der Waals surface area contributed by atoms with Crippen molar-refractivity contribution < 1.29 is 13.2 Å². The van der Waals surface area contributed by atoms with Gasteiger partial charge in [-0.05, 0) is 18.4 Å². The van der Waals surface area contributed by atoms with Crippen LogP contribution in [0.3, 0.4) is 0 Å². The van der Waals surface area contributed by atoms with E-state index in [-0.39, 0.29) is 5.56 Å². The van der Waals surface area contributed by atoms with E-state index in [2.05, 4.69) is 0 Å². The van der Waals surface area contributed by atoms with Crippen LogP contribution in [0.15, 0.2) is 12.1 Å². The van der Waals surface area contributed by atoms with Crippen molar-refractivity contribution in [3.8, 4) is 0 Å². The Morgan fingerprint density at radius 3 is 2.31 bits per heavy atom. The van der Waals surface area contributed by atoms with Gasteiger partial charge < -0.3 is 5.73 Å². The minimum absolute atomic E-state index is 0.0748. The van der Waals surface area contributed by atoms with Crippen molar-refractivity contribution in [3.63, 3.8) is 0 Å². The molecule has 0 spiro atoms. The molecule has 1 atom stereocenters. The summed E-state index contributed by atoms with van der Waals surface area (Å²) in [6.07, 6.45) is 4.01. The molecule has 1 aliphatic rings. The normalized spacial score (nSPS) is 18.2. The van der Waals surface area contributed by atoms with Crippen molar-refractivity contribution in [1.82, 2.24) is 0 Å². The molecule has 0 amide bonds. The van der Waals surface area contributed by atoms with E-state index in [9.17, 15) is 13.2 Å². The predicted molar refractivity (Wildman–Crippen MR) is 55.2 cm³/mol. The smallest absolute Gasteiger partial charge is 0.161 e. The van der Waals surface area contributed by atoms with Crippen molar-refractivity contribution in [1.29, 1.82) is 0 Å². The van der Waals surface area contributed by atoms with Crippen LogP contribution in [-0.2, 0) is 0 Å². The predicted octanol–water partition coefficient (Wildman–Crippen LogP) is 3.29. The molecule has 0 aliphatic heterocycles. The highest BCUT2D eigenvalue weighted by Crippen LogP contribution is 2.34. The first-order valence-electron chi connectivity index (χ1n) is 5.48. The monoisotopic (exact) mass is 229 g/mol. The van der Waals surface area contributed by atoms with Crippen molar-refractivity contribution in [2.24, 2.45) is 11.7 Å². The Balaban J connectivity index is 2.14. The van der Waals surface area contributed by atoms with Gasteiger partial charge >= 0.3 is 0 Å². The molecule has 0 bridgehead atoms. The Labute approximate surface area is 92.5 Å². The van der Waals surface area contributed by atoms with E-state index in [4.69, 9.17) is 5.73 Å². The summed E-state index contributed by atoms with van der Waals surface area (Å²) < 4.78 is 39.0. The SMILES string of the molecule is NC(CC1CCC1)c1cc(F)c(F)cc1F. The zero-order valence-corrected chi connectivity index (χ0v) is 8.85. The fourth-order valence-corrected chi connectivity index (χ4v) is 2.04. The first kappa shape index (κ1) is 11.5. The molecule has 0 aromatic heterocycles. The quantitative estimate of drug-likeness (QED) is 0.791. The maximum absolute atomic E-state index is 13.4. The Morgan fingerprint density at radius 1 is 1.12 bits per heavy atom. The van der Waals surface area contributed by atoms with Gasteiger partial charge in [-0.25, -0.2) is 13.2 Å². The molecule has 2 N–H and O–H groups in total. The highest BCUT2D eigenvalue weighted by Gasteiger charge is 2.23. The van der Waals surface area contributed by atoms with Crippen LogP contribution < -0.4 is 5.73 Å². The summed E-state index contributed by atoms with van der Waals surface area (Å²) in [6.45, 7) is 0. The molecule has 0 saturated heterocycles. The molecule has 2 rings (SSSR count). The summed E-state index contributed by atoms with van der Waals surface area (Å²) in [5, 5.41) is 0. The molecule has 1 aromatic carbocycles. The molecular formula is C12H14F3N. The zero-order valence-electron chi connectivity index (χ0n) is 8.85. The first-order chi connectivity index (χ1) is 7.58. The van der Waals surface area contributed by atoms with Crippen LogP contribution in [0.4, 0.5) is 13.2 Å². The summed E-state index contributed by atoms with van der Waals surface area (Å²) >= 11 is 0. The van der Waals surface area contributed by atoms with Gasteiger partial charge in [-0.3, -0.25) is 0 Å². The summed E-state index contributed by atoms with van der Waals surface area (Å²) in [5.41, 5.74) is 5.87. The molecule has 1 unspecified atom stereocenters. The summed E-state index contributed by atoms with van der Waals surface area (Å²) in [5.74, 6) is -2.47. The molecule has 88 valence electrons. The van der Waals surface area contributed by atoms with Gasteiger partial charge in [0.25, 0.3) is 0 Å². The molecule has 1 aliphatic carbocycles. The van der Waals surface area contributed by atoms with Crippen LogP contribution in [0, 0.1) is 23.4 Å². The molecule has 16 heavy (non-hydrogen) atoms. The van der Waals surface area contributed by atoms with Crippen LogP contribution in [0.25, 0.3) is 0 Å². The van der Waals surface area contributed by atoms with Gasteiger partial charge in [0.1, 0.15) is 5.82 Å². The highest BCUT2D eigenvalue weighted by atomic mass is 19.2. The highest BCUT2D eigenvalue weighted by molar-refractivity contribution is 5.23. The number of hydrogen-bond acceptors (Lipinski definition) is 1. The third-order valence-corrected chi connectivity index (χ3v) is 3.25. The minimum atomic E-state index is -1.17. The summed E-state index contributed by atoms with van der Waals surface area (Å²) in [6, 6.07) is 0.889. The third kappa shape index (κ3) is 2.21. The van der Waals surface area contributed by atoms with Crippen LogP contribution in [0.1, 0.15) is 37.3 Å². The van der Waals surface area contributed by atoms with Crippen LogP contribution in [-0.4, -0.2) is 0 Å². The Kier molecular flexibility index (Phi) is 3.19. The minimum Gasteiger partial charge on any atom is -0.324 e. The maximum Gasteiger partial charge on any atom is 0.161 e. The van der Waals surface area contributed by atoms with Crippen molar-refractivity contribution in [3.05, 3.63) is 35.1 Å². The second-order valence-electron chi connectivity index (χ2n) is 4.43. The van der Waals surface area contributed by atoms with Gasteiger partial charge in [0.15, 0.2) is 11.6 Å². The second-order valence-corrected chi connectivity index (χ2v) is 4.43. The van der Waals surface area contributed by atoms with Crippen LogP contribution in [0.5, 0.6) is 0 Å². The van der Waals surface area contributed by atoms with E-state index in [0.717, 1.165) is 18.9 Å². The average molecular weight is 229 g/mol. The molecule has 1 fully saturated rings. The van der Waals surface area contributed by atoms with E-state index in [1.807, 2.05) is 0 Å². The number of benzene rings is 1. The molecule has 0 heterocycles. The lowest BCUT2D eigenvalue weighted by Gasteiger charge is -2.28. The molecule has 0 radical (unpaired) electrons. The standard InChI is InChI=1S/C12H14F3N/c13-9-6-11(15)10(14)5-8(9)12(16)4-7-2-1-3-7/h5-7,12H,1-4,16H2. The van der Waals surface area contributed by atoms with Crippen molar-refractivity contribution in [2.75, 3.05) is 0 Å². The number of halogens is 3. The molecule has 4 heteroatoms. The van der Waals surface area contributed by atoms with Crippen molar-refractivity contribution in [2.45, 2.75) is 31.7 Å². The number of nitrogens with two attached hydrogens (primary N) is 1. The lowest BCUT2D eigenvalue weighted by Crippen LogP contribution is -2.21. The van der Waals surface area contributed by atoms with E-state index in [1.165, 1.54) is 6.42 Å². The Morgan fingerprint density at radius 2 is 1.75 bits per heavy atom. The molecule has 1 saturated carbocycles. The van der Waals surface area contributed by atoms with E-state index in [1.54, 1.807) is 0 Å². The molecule has 1 nitrogen and oxygen atoms in total. The fourth-order valence-electron chi connectivity index (χ4n) is 2.04. The first-order valence-corrected chi connectivity index (χ1v) is 5.48. The Hall–Kier alpha value is -1.03. The van der Waals surface area contributed by atoms with E-state index >= 15 is 0 Å². The van der Waals surface area contributed by atoms with Gasteiger partial charge in [-0.15, -0.1) is 0 Å². The van der Waals surface area contributed by atoms with Crippen LogP contribution >= 0.6 is 0 Å². The summed E-state index contributed by atoms with van der Waals surface area (Å²) in [4.78, 5) is 0. The van der Waals surface area contributed by atoms with Gasteiger partial charge in [0.2, 0.25) is 0 Å². The largest absolute Gasteiger partial charge is 0.324 e. The van der Waals surface area contributed by atoms with Crippen molar-refractivity contribution >= 4 is 0 Å². The number of rotatable bonds is 3. The maximum atomic E-state index is 13.4. The van der Waals surface area contributed by atoms with E-state index in [0.29, 0.717) is 18.4 Å². The second kappa shape index (κ2) is 4.45. The fraction of sp³-hybridized carbons (Fsp3) is 0.500. The third-order valence-electron chi connectivity index (χ3n) is 3.25. The average Bonchev–Trinajstić information content (AvgIpc) is 2.17. The lowest BCUT2D eigenvalue weighted by atomic mass is 9.80. The lowest BCUT2D eigenvalue weighted by molar-refractivity contribution is 0.275. The topological polar surface area (TPSA) is 26.0 Å². The number of hydrogen-bond donors (Lipinski definition) is 1. The van der Waals surface area contributed by atoms with Gasteiger partial charge in [0.05, 0.1) is 0 Å². The van der Waals surface area contributed by atoms with Gasteiger partial charge in [-0.1, -0.05) is 19.3 Å². The van der Waals surface area contributed by atoms with Crippen LogP contribution in [0.2, 0.25) is 0 Å². The molecule has 1 aromatic rings. The van der Waals surface area contributed by atoms with Gasteiger partial charge in [0, 0.05) is 17.7 Å². The van der Waals surface area contributed by atoms with E-state index < -0.39 is 23.5 Å². The molecular weight excluding hydrogens is 215 g/mol. The zero-order chi connectivity index (χ0) is 11.7. The Bertz CT molecular complexity index is 388. The summed E-state index contributed by atoms with van der Waals surface area (Å²) in [7, 11) is 0. The van der Waals surface area contributed by atoms with Gasteiger partial charge in [-0.2, -0.15) is 0 Å².